The topological polar surface area (TPSA) is 58.6 Å². The van der Waals surface area contributed by atoms with Gasteiger partial charge in [-0.05, 0) is 46.1 Å². The lowest BCUT2D eigenvalue weighted by Gasteiger charge is -2.24. The summed E-state index contributed by atoms with van der Waals surface area (Å²) < 4.78 is 5.36. The SMILES string of the molecule is Cc1cccc(CCNC(=O)C2CCN(C(=O)OC(C)(C)C)C2)c1. The summed E-state index contributed by atoms with van der Waals surface area (Å²) in [5.74, 6) is -0.122. The van der Waals surface area contributed by atoms with Crippen molar-refractivity contribution in [3.8, 4) is 0 Å². The van der Waals surface area contributed by atoms with E-state index in [2.05, 4.69) is 30.4 Å². The summed E-state index contributed by atoms with van der Waals surface area (Å²) in [6.45, 7) is 9.22. The summed E-state index contributed by atoms with van der Waals surface area (Å²) in [6.07, 6.45) is 1.17. The first-order valence-electron chi connectivity index (χ1n) is 8.56. The molecule has 0 saturated carbocycles. The van der Waals surface area contributed by atoms with Crippen molar-refractivity contribution in [2.24, 2.45) is 5.92 Å². The summed E-state index contributed by atoms with van der Waals surface area (Å²) in [6, 6.07) is 8.29. The molecule has 1 saturated heterocycles. The van der Waals surface area contributed by atoms with Gasteiger partial charge < -0.3 is 15.0 Å². The van der Waals surface area contributed by atoms with Crippen molar-refractivity contribution in [3.63, 3.8) is 0 Å². The molecule has 1 fully saturated rings. The molecule has 1 aromatic rings. The number of ether oxygens (including phenoxy) is 1. The number of nitrogens with one attached hydrogen (secondary N) is 1. The Balaban J connectivity index is 1.75. The summed E-state index contributed by atoms with van der Waals surface area (Å²) in [4.78, 5) is 25.9. The number of likely N-dealkylation sites (tertiary alicyclic amines) is 1. The lowest BCUT2D eigenvalue weighted by Crippen LogP contribution is -2.38. The second-order valence-electron chi connectivity index (χ2n) is 7.44. The van der Waals surface area contributed by atoms with E-state index >= 15 is 0 Å². The van der Waals surface area contributed by atoms with E-state index in [4.69, 9.17) is 4.74 Å². The zero-order chi connectivity index (χ0) is 17.7. The van der Waals surface area contributed by atoms with Crippen LogP contribution in [0.15, 0.2) is 24.3 Å². The van der Waals surface area contributed by atoms with Crippen molar-refractivity contribution in [2.45, 2.75) is 46.1 Å². The molecular formula is C19H28N2O3. The molecule has 2 amide bonds. The molecule has 1 aliphatic rings. The molecule has 0 radical (unpaired) electrons. The van der Waals surface area contributed by atoms with Gasteiger partial charge in [0.25, 0.3) is 0 Å². The van der Waals surface area contributed by atoms with Crippen LogP contribution in [0.1, 0.15) is 38.3 Å². The van der Waals surface area contributed by atoms with Crippen molar-refractivity contribution in [1.29, 1.82) is 0 Å². The molecule has 0 spiro atoms. The second-order valence-corrected chi connectivity index (χ2v) is 7.44. The maximum Gasteiger partial charge on any atom is 0.410 e. The van der Waals surface area contributed by atoms with Gasteiger partial charge in [-0.15, -0.1) is 0 Å². The number of amides is 2. The monoisotopic (exact) mass is 332 g/mol. The van der Waals surface area contributed by atoms with Crippen LogP contribution in [0.2, 0.25) is 0 Å². The maximum atomic E-state index is 12.3. The molecule has 0 aromatic heterocycles. The predicted octanol–water partition coefficient (Wildman–Crippen LogP) is 2.91. The van der Waals surface area contributed by atoms with Gasteiger partial charge in [0.15, 0.2) is 0 Å². The van der Waals surface area contributed by atoms with Crippen LogP contribution in [-0.2, 0) is 16.0 Å². The Morgan fingerprint density at radius 3 is 2.75 bits per heavy atom. The summed E-state index contributed by atoms with van der Waals surface area (Å²) in [5, 5.41) is 2.98. The fourth-order valence-corrected chi connectivity index (χ4v) is 2.81. The minimum Gasteiger partial charge on any atom is -0.444 e. The highest BCUT2D eigenvalue weighted by Crippen LogP contribution is 2.19. The zero-order valence-electron chi connectivity index (χ0n) is 15.1. The second kappa shape index (κ2) is 7.69. The van der Waals surface area contributed by atoms with Crippen molar-refractivity contribution in [3.05, 3.63) is 35.4 Å². The van der Waals surface area contributed by atoms with E-state index in [0.717, 1.165) is 6.42 Å². The average Bonchev–Trinajstić information content (AvgIpc) is 2.95. The Hall–Kier alpha value is -2.04. The number of nitrogens with zero attached hydrogens (tertiary/aromatic N) is 1. The number of carbonyl (C=O) groups excluding carboxylic acids is 2. The molecule has 1 atom stereocenters. The number of benzene rings is 1. The number of carbonyl (C=O) groups is 2. The summed E-state index contributed by atoms with van der Waals surface area (Å²) in [5.41, 5.74) is 1.94. The van der Waals surface area contributed by atoms with Gasteiger partial charge >= 0.3 is 6.09 Å². The zero-order valence-corrected chi connectivity index (χ0v) is 15.1. The van der Waals surface area contributed by atoms with Crippen molar-refractivity contribution in [1.82, 2.24) is 10.2 Å². The molecule has 132 valence electrons. The average molecular weight is 332 g/mol. The first-order valence-corrected chi connectivity index (χ1v) is 8.56. The Morgan fingerprint density at radius 1 is 1.33 bits per heavy atom. The molecule has 2 rings (SSSR count). The first kappa shape index (κ1) is 18.3. The van der Waals surface area contributed by atoms with Crippen molar-refractivity contribution < 1.29 is 14.3 Å². The third kappa shape index (κ3) is 5.55. The van der Waals surface area contributed by atoms with E-state index in [-0.39, 0.29) is 17.9 Å². The van der Waals surface area contributed by atoms with E-state index < -0.39 is 5.60 Å². The van der Waals surface area contributed by atoms with Gasteiger partial charge in [-0.3, -0.25) is 4.79 Å². The molecular weight excluding hydrogens is 304 g/mol. The van der Waals surface area contributed by atoms with E-state index in [1.165, 1.54) is 11.1 Å². The van der Waals surface area contributed by atoms with Crippen LogP contribution < -0.4 is 5.32 Å². The van der Waals surface area contributed by atoms with Gasteiger partial charge in [-0.1, -0.05) is 29.8 Å². The van der Waals surface area contributed by atoms with Crippen LogP contribution in [0.5, 0.6) is 0 Å². The fourth-order valence-electron chi connectivity index (χ4n) is 2.81. The Bertz CT molecular complexity index is 593. The molecule has 1 aromatic carbocycles. The summed E-state index contributed by atoms with van der Waals surface area (Å²) >= 11 is 0. The Morgan fingerprint density at radius 2 is 2.08 bits per heavy atom. The van der Waals surface area contributed by atoms with Crippen LogP contribution in [0.3, 0.4) is 0 Å². The molecule has 1 unspecified atom stereocenters. The number of hydrogen-bond donors (Lipinski definition) is 1. The van der Waals surface area contributed by atoms with Crippen LogP contribution in [0.4, 0.5) is 4.79 Å². The van der Waals surface area contributed by atoms with E-state index in [0.29, 0.717) is 26.1 Å². The van der Waals surface area contributed by atoms with Crippen LogP contribution in [0, 0.1) is 12.8 Å². The molecule has 0 bridgehead atoms. The van der Waals surface area contributed by atoms with Crippen molar-refractivity contribution >= 4 is 12.0 Å². The Kier molecular flexibility index (Phi) is 5.86. The van der Waals surface area contributed by atoms with E-state index in [9.17, 15) is 9.59 Å². The van der Waals surface area contributed by atoms with Crippen molar-refractivity contribution in [2.75, 3.05) is 19.6 Å². The van der Waals surface area contributed by atoms with Crippen LogP contribution >= 0.6 is 0 Å². The lowest BCUT2D eigenvalue weighted by atomic mass is 10.1. The molecule has 5 heteroatoms. The highest BCUT2D eigenvalue weighted by atomic mass is 16.6. The van der Waals surface area contributed by atoms with Gasteiger partial charge in [0.05, 0.1) is 5.92 Å². The minimum absolute atomic E-state index is 0.0220. The van der Waals surface area contributed by atoms with E-state index in [1.807, 2.05) is 26.8 Å². The first-order chi connectivity index (χ1) is 11.2. The smallest absolute Gasteiger partial charge is 0.410 e. The molecule has 0 aliphatic carbocycles. The van der Waals surface area contributed by atoms with Gasteiger partial charge in [-0.2, -0.15) is 0 Å². The molecule has 5 nitrogen and oxygen atoms in total. The summed E-state index contributed by atoms with van der Waals surface area (Å²) in [7, 11) is 0. The minimum atomic E-state index is -0.509. The number of hydrogen-bond acceptors (Lipinski definition) is 3. The van der Waals surface area contributed by atoms with Crippen LogP contribution in [-0.4, -0.2) is 42.1 Å². The number of rotatable bonds is 4. The molecule has 1 N–H and O–H groups in total. The molecule has 1 aliphatic heterocycles. The van der Waals surface area contributed by atoms with Gasteiger partial charge in [0, 0.05) is 19.6 Å². The normalized spacial score (nSPS) is 17.7. The fraction of sp³-hybridized carbons (Fsp3) is 0.579. The predicted molar refractivity (Wildman–Crippen MR) is 93.8 cm³/mol. The van der Waals surface area contributed by atoms with Gasteiger partial charge in [0.1, 0.15) is 5.60 Å². The standard InChI is InChI=1S/C19H28N2O3/c1-14-6-5-7-15(12-14)8-10-20-17(22)16-9-11-21(13-16)18(23)24-19(2,3)4/h5-7,12,16H,8-11,13H2,1-4H3,(H,20,22). The highest BCUT2D eigenvalue weighted by molar-refractivity contribution is 5.80. The number of aryl methyl sites for hydroxylation is 1. The third-order valence-electron chi connectivity index (χ3n) is 4.01. The van der Waals surface area contributed by atoms with Gasteiger partial charge in [0.2, 0.25) is 5.91 Å². The highest BCUT2D eigenvalue weighted by Gasteiger charge is 2.33. The molecule has 24 heavy (non-hydrogen) atoms. The van der Waals surface area contributed by atoms with Gasteiger partial charge in [-0.25, -0.2) is 4.79 Å². The molecule has 1 heterocycles. The maximum absolute atomic E-state index is 12.3. The Labute approximate surface area is 144 Å². The quantitative estimate of drug-likeness (QED) is 0.922. The largest absolute Gasteiger partial charge is 0.444 e. The lowest BCUT2D eigenvalue weighted by molar-refractivity contribution is -0.124. The van der Waals surface area contributed by atoms with Crippen LogP contribution in [0.25, 0.3) is 0 Å². The third-order valence-corrected chi connectivity index (χ3v) is 4.01. The van der Waals surface area contributed by atoms with E-state index in [1.54, 1.807) is 4.90 Å².